The number of fused-ring (bicyclic) bond motifs is 1. The summed E-state index contributed by atoms with van der Waals surface area (Å²) in [5, 5.41) is 9.17. The second-order valence-electron chi connectivity index (χ2n) is 6.73. The Morgan fingerprint density at radius 1 is 1.22 bits per heavy atom. The number of piperidine rings is 1. The standard InChI is InChI=1S/C20H22N4O3/c1-14(17-4-5-18-20(23-17)26-12-11-25-18)24-9-6-16(7-10-24)27-19-15(13-21)3-2-8-22-19/h2-5,8,14,16H,6-7,9-12H2,1H3. The Morgan fingerprint density at radius 3 is 2.85 bits per heavy atom. The molecule has 7 heteroatoms. The third kappa shape index (κ3) is 3.81. The Morgan fingerprint density at radius 2 is 2.04 bits per heavy atom. The van der Waals surface area contributed by atoms with Crippen LogP contribution < -0.4 is 14.2 Å². The van der Waals surface area contributed by atoms with E-state index >= 15 is 0 Å². The number of aromatic nitrogens is 2. The Kier molecular flexibility index (Phi) is 5.07. The SMILES string of the molecule is CC(c1ccc2c(n1)OCCO2)N1CCC(Oc2ncccc2C#N)CC1. The summed E-state index contributed by atoms with van der Waals surface area (Å²) in [5.41, 5.74) is 1.46. The monoisotopic (exact) mass is 366 g/mol. The van der Waals surface area contributed by atoms with Gasteiger partial charge in [-0.05, 0) is 44.0 Å². The molecule has 140 valence electrons. The van der Waals surface area contributed by atoms with Crippen molar-refractivity contribution in [3.63, 3.8) is 0 Å². The first-order chi connectivity index (χ1) is 13.2. The van der Waals surface area contributed by atoms with Crippen molar-refractivity contribution in [1.82, 2.24) is 14.9 Å². The van der Waals surface area contributed by atoms with E-state index in [4.69, 9.17) is 19.5 Å². The fourth-order valence-electron chi connectivity index (χ4n) is 3.47. The van der Waals surface area contributed by atoms with Crippen molar-refractivity contribution < 1.29 is 14.2 Å². The molecule has 7 nitrogen and oxygen atoms in total. The highest BCUT2D eigenvalue weighted by Crippen LogP contribution is 2.32. The molecule has 27 heavy (non-hydrogen) atoms. The number of hydrogen-bond acceptors (Lipinski definition) is 7. The minimum atomic E-state index is 0.0728. The summed E-state index contributed by atoms with van der Waals surface area (Å²) < 4.78 is 17.1. The predicted octanol–water partition coefficient (Wildman–Crippen LogP) is 2.72. The van der Waals surface area contributed by atoms with Crippen molar-refractivity contribution in [1.29, 1.82) is 5.26 Å². The quantitative estimate of drug-likeness (QED) is 0.823. The van der Waals surface area contributed by atoms with Gasteiger partial charge in [0, 0.05) is 25.3 Å². The van der Waals surface area contributed by atoms with Crippen molar-refractivity contribution >= 4 is 0 Å². The minimum Gasteiger partial charge on any atom is -0.484 e. The van der Waals surface area contributed by atoms with Gasteiger partial charge >= 0.3 is 0 Å². The number of pyridine rings is 2. The lowest BCUT2D eigenvalue weighted by Crippen LogP contribution is -2.40. The maximum Gasteiger partial charge on any atom is 0.257 e. The van der Waals surface area contributed by atoms with E-state index < -0.39 is 0 Å². The average molecular weight is 366 g/mol. The molecule has 0 spiro atoms. The van der Waals surface area contributed by atoms with Crippen molar-refractivity contribution in [2.75, 3.05) is 26.3 Å². The van der Waals surface area contributed by atoms with Gasteiger partial charge in [-0.2, -0.15) is 5.26 Å². The van der Waals surface area contributed by atoms with Gasteiger partial charge in [0.1, 0.15) is 31.0 Å². The highest BCUT2D eigenvalue weighted by molar-refractivity contribution is 5.37. The van der Waals surface area contributed by atoms with Crippen LogP contribution in [-0.2, 0) is 0 Å². The van der Waals surface area contributed by atoms with Gasteiger partial charge < -0.3 is 14.2 Å². The van der Waals surface area contributed by atoms with Gasteiger partial charge in [0.25, 0.3) is 5.88 Å². The van der Waals surface area contributed by atoms with Gasteiger partial charge in [-0.1, -0.05) is 0 Å². The molecule has 1 unspecified atom stereocenters. The zero-order chi connectivity index (χ0) is 18.6. The first-order valence-electron chi connectivity index (χ1n) is 9.27. The van der Waals surface area contributed by atoms with Gasteiger partial charge in [0.2, 0.25) is 5.88 Å². The smallest absolute Gasteiger partial charge is 0.257 e. The van der Waals surface area contributed by atoms with Gasteiger partial charge in [-0.3, -0.25) is 4.90 Å². The summed E-state index contributed by atoms with van der Waals surface area (Å²) in [6, 6.07) is 9.74. The van der Waals surface area contributed by atoms with Gasteiger partial charge in [0.05, 0.1) is 5.69 Å². The van der Waals surface area contributed by atoms with Crippen molar-refractivity contribution in [2.45, 2.75) is 31.9 Å². The number of nitrogens with zero attached hydrogens (tertiary/aromatic N) is 4. The average Bonchev–Trinajstić information content (AvgIpc) is 2.74. The lowest BCUT2D eigenvalue weighted by atomic mass is 10.0. The lowest BCUT2D eigenvalue weighted by Gasteiger charge is -2.35. The fraction of sp³-hybridized carbons (Fsp3) is 0.450. The largest absolute Gasteiger partial charge is 0.484 e. The molecule has 4 heterocycles. The van der Waals surface area contributed by atoms with Crippen LogP contribution in [0.4, 0.5) is 0 Å². The molecule has 2 aromatic heterocycles. The Hall–Kier alpha value is -2.85. The topological polar surface area (TPSA) is 80.5 Å². The second kappa shape index (κ2) is 7.80. The van der Waals surface area contributed by atoms with E-state index in [9.17, 15) is 0 Å². The normalized spacial score (nSPS) is 18.5. The molecule has 4 rings (SSSR count). The van der Waals surface area contributed by atoms with Crippen LogP contribution in [-0.4, -0.2) is 47.3 Å². The van der Waals surface area contributed by atoms with Crippen LogP contribution in [0.25, 0.3) is 0 Å². The highest BCUT2D eigenvalue weighted by atomic mass is 16.6. The fourth-order valence-corrected chi connectivity index (χ4v) is 3.47. The molecular weight excluding hydrogens is 344 g/mol. The molecule has 2 aliphatic heterocycles. The summed E-state index contributed by atoms with van der Waals surface area (Å²) in [4.78, 5) is 11.2. The van der Waals surface area contributed by atoms with Crippen LogP contribution in [0, 0.1) is 11.3 Å². The van der Waals surface area contributed by atoms with E-state index in [0.29, 0.717) is 36.3 Å². The van der Waals surface area contributed by atoms with E-state index in [2.05, 4.69) is 27.9 Å². The van der Waals surface area contributed by atoms with Crippen LogP contribution >= 0.6 is 0 Å². The molecule has 0 saturated carbocycles. The molecule has 2 aliphatic rings. The van der Waals surface area contributed by atoms with E-state index in [1.54, 1.807) is 18.3 Å². The zero-order valence-corrected chi connectivity index (χ0v) is 15.3. The maximum absolute atomic E-state index is 9.17. The van der Waals surface area contributed by atoms with Crippen LogP contribution in [0.2, 0.25) is 0 Å². The maximum atomic E-state index is 9.17. The molecule has 0 aliphatic carbocycles. The van der Waals surface area contributed by atoms with E-state index in [-0.39, 0.29) is 12.1 Å². The van der Waals surface area contributed by atoms with E-state index in [0.717, 1.165) is 31.6 Å². The number of rotatable bonds is 4. The summed E-state index contributed by atoms with van der Waals surface area (Å²) >= 11 is 0. The molecule has 0 amide bonds. The Labute approximate surface area is 158 Å². The van der Waals surface area contributed by atoms with Crippen LogP contribution in [0.15, 0.2) is 30.5 Å². The molecule has 0 bridgehead atoms. The summed E-state index contributed by atoms with van der Waals surface area (Å²) in [6.45, 7) is 5.07. The molecule has 1 saturated heterocycles. The van der Waals surface area contributed by atoms with Gasteiger partial charge in [-0.15, -0.1) is 0 Å². The van der Waals surface area contributed by atoms with Crippen molar-refractivity contribution in [2.24, 2.45) is 0 Å². The Bertz CT molecular complexity index is 843. The first-order valence-corrected chi connectivity index (χ1v) is 9.27. The second-order valence-corrected chi connectivity index (χ2v) is 6.73. The first kappa shape index (κ1) is 17.6. The summed E-state index contributed by atoms with van der Waals surface area (Å²) in [7, 11) is 0. The third-order valence-corrected chi connectivity index (χ3v) is 5.05. The molecule has 0 aromatic carbocycles. The molecule has 1 fully saturated rings. The van der Waals surface area contributed by atoms with Crippen molar-refractivity contribution in [3.05, 3.63) is 41.7 Å². The Balaban J connectivity index is 1.37. The number of nitriles is 1. The van der Waals surface area contributed by atoms with E-state index in [1.807, 2.05) is 12.1 Å². The molecule has 2 aromatic rings. The van der Waals surface area contributed by atoms with Crippen LogP contribution in [0.1, 0.15) is 37.1 Å². The number of hydrogen-bond donors (Lipinski definition) is 0. The van der Waals surface area contributed by atoms with Crippen molar-refractivity contribution in [3.8, 4) is 23.6 Å². The van der Waals surface area contributed by atoms with E-state index in [1.165, 1.54) is 0 Å². The molecule has 1 atom stereocenters. The molecule has 0 N–H and O–H groups in total. The summed E-state index contributed by atoms with van der Waals surface area (Å²) in [6.07, 6.45) is 3.50. The zero-order valence-electron chi connectivity index (χ0n) is 15.3. The van der Waals surface area contributed by atoms with Gasteiger partial charge in [-0.25, -0.2) is 9.97 Å². The van der Waals surface area contributed by atoms with Gasteiger partial charge in [0.15, 0.2) is 5.75 Å². The predicted molar refractivity (Wildman–Crippen MR) is 97.8 cm³/mol. The highest BCUT2D eigenvalue weighted by Gasteiger charge is 2.27. The van der Waals surface area contributed by atoms with Crippen LogP contribution in [0.3, 0.4) is 0 Å². The third-order valence-electron chi connectivity index (χ3n) is 5.05. The lowest BCUT2D eigenvalue weighted by molar-refractivity contribution is 0.0751. The van der Waals surface area contributed by atoms with Crippen LogP contribution in [0.5, 0.6) is 17.5 Å². The molecule has 0 radical (unpaired) electrons. The number of ether oxygens (including phenoxy) is 3. The number of likely N-dealkylation sites (tertiary alicyclic amines) is 1. The summed E-state index contributed by atoms with van der Waals surface area (Å²) in [5.74, 6) is 1.73. The molecular formula is C20H22N4O3. The minimum absolute atomic E-state index is 0.0728.